The van der Waals surface area contributed by atoms with Gasteiger partial charge < -0.3 is 4.74 Å². The highest BCUT2D eigenvalue weighted by Crippen LogP contribution is 2.43. The van der Waals surface area contributed by atoms with Crippen LogP contribution in [0, 0.1) is 5.41 Å². The summed E-state index contributed by atoms with van der Waals surface area (Å²) in [4.78, 5) is 0. The van der Waals surface area contributed by atoms with Crippen LogP contribution < -0.4 is 4.74 Å². The average Bonchev–Trinajstić information content (AvgIpc) is 2.79. The van der Waals surface area contributed by atoms with Crippen LogP contribution in [0.1, 0.15) is 31.2 Å². The second-order valence-corrected chi connectivity index (χ2v) is 5.10. The number of para-hydroxylation sites is 1. The standard InChI is InChI=1S/C14H19ClO/c1-16-13-7-3-2-6-12(13)10-14(11-15)8-4-5-9-14/h2-3,6-7H,4-5,8-11H2,1H3. The number of rotatable bonds is 4. The van der Waals surface area contributed by atoms with E-state index >= 15 is 0 Å². The van der Waals surface area contributed by atoms with Gasteiger partial charge in [0, 0.05) is 5.88 Å². The second-order valence-electron chi connectivity index (χ2n) is 4.83. The third-order valence-corrected chi connectivity index (χ3v) is 4.27. The number of hydrogen-bond acceptors (Lipinski definition) is 1. The van der Waals surface area contributed by atoms with Crippen molar-refractivity contribution in [2.75, 3.05) is 13.0 Å². The Labute approximate surface area is 103 Å². The van der Waals surface area contributed by atoms with Crippen LogP contribution in [-0.4, -0.2) is 13.0 Å². The van der Waals surface area contributed by atoms with Crippen molar-refractivity contribution in [3.63, 3.8) is 0 Å². The molecule has 2 heteroatoms. The summed E-state index contributed by atoms with van der Waals surface area (Å²) in [7, 11) is 1.74. The van der Waals surface area contributed by atoms with E-state index in [-0.39, 0.29) is 0 Å². The molecule has 1 saturated carbocycles. The van der Waals surface area contributed by atoms with Crippen LogP contribution >= 0.6 is 11.6 Å². The minimum absolute atomic E-state index is 0.316. The van der Waals surface area contributed by atoms with E-state index in [2.05, 4.69) is 12.1 Å². The first kappa shape index (κ1) is 11.8. The van der Waals surface area contributed by atoms with Crippen molar-refractivity contribution in [1.82, 2.24) is 0 Å². The van der Waals surface area contributed by atoms with Gasteiger partial charge in [0.15, 0.2) is 0 Å². The summed E-state index contributed by atoms with van der Waals surface area (Å²) in [5, 5.41) is 0. The molecule has 0 aromatic heterocycles. The third-order valence-electron chi connectivity index (χ3n) is 3.71. The molecule has 0 radical (unpaired) electrons. The lowest BCUT2D eigenvalue weighted by Gasteiger charge is -2.27. The first-order valence-corrected chi connectivity index (χ1v) is 6.51. The summed E-state index contributed by atoms with van der Waals surface area (Å²) in [6.45, 7) is 0. The van der Waals surface area contributed by atoms with Gasteiger partial charge >= 0.3 is 0 Å². The third kappa shape index (κ3) is 2.35. The van der Waals surface area contributed by atoms with Crippen LogP contribution in [0.25, 0.3) is 0 Å². The highest BCUT2D eigenvalue weighted by Gasteiger charge is 2.33. The summed E-state index contributed by atoms with van der Waals surface area (Å²) in [5.41, 5.74) is 1.61. The Balaban J connectivity index is 2.18. The fourth-order valence-electron chi connectivity index (χ4n) is 2.74. The first-order valence-electron chi connectivity index (χ1n) is 5.97. The molecule has 1 aliphatic rings. The van der Waals surface area contributed by atoms with Gasteiger partial charge in [0.25, 0.3) is 0 Å². The van der Waals surface area contributed by atoms with Crippen molar-refractivity contribution < 1.29 is 4.74 Å². The van der Waals surface area contributed by atoms with Crippen LogP contribution in [0.4, 0.5) is 0 Å². The van der Waals surface area contributed by atoms with E-state index in [0.29, 0.717) is 5.41 Å². The zero-order valence-electron chi connectivity index (χ0n) is 9.84. The van der Waals surface area contributed by atoms with Gasteiger partial charge in [0.1, 0.15) is 5.75 Å². The molecule has 1 fully saturated rings. The Bertz CT molecular complexity index is 342. The smallest absolute Gasteiger partial charge is 0.122 e. The Morgan fingerprint density at radius 1 is 1.25 bits per heavy atom. The lowest BCUT2D eigenvalue weighted by Crippen LogP contribution is -2.22. The number of benzene rings is 1. The molecule has 0 aliphatic heterocycles. The fourth-order valence-corrected chi connectivity index (χ4v) is 3.10. The van der Waals surface area contributed by atoms with Crippen molar-refractivity contribution in [2.45, 2.75) is 32.1 Å². The number of methoxy groups -OCH3 is 1. The molecule has 0 atom stereocenters. The van der Waals surface area contributed by atoms with Crippen molar-refractivity contribution in [1.29, 1.82) is 0 Å². The van der Waals surface area contributed by atoms with Gasteiger partial charge in [-0.3, -0.25) is 0 Å². The Morgan fingerprint density at radius 3 is 2.56 bits per heavy atom. The molecule has 0 bridgehead atoms. The Hall–Kier alpha value is -0.690. The van der Waals surface area contributed by atoms with Gasteiger partial charge in [-0.25, -0.2) is 0 Å². The maximum atomic E-state index is 6.17. The van der Waals surface area contributed by atoms with Crippen LogP contribution in [0.3, 0.4) is 0 Å². The van der Waals surface area contributed by atoms with Gasteiger partial charge in [-0.2, -0.15) is 0 Å². The van der Waals surface area contributed by atoms with Gasteiger partial charge in [-0.15, -0.1) is 11.6 Å². The monoisotopic (exact) mass is 238 g/mol. The number of ether oxygens (including phenoxy) is 1. The molecule has 0 N–H and O–H groups in total. The quantitative estimate of drug-likeness (QED) is 0.720. The molecule has 1 nitrogen and oxygen atoms in total. The predicted octanol–water partition coefficient (Wildman–Crippen LogP) is 4.04. The molecule has 1 aromatic carbocycles. The van der Waals surface area contributed by atoms with Crippen molar-refractivity contribution in [3.8, 4) is 5.75 Å². The number of halogens is 1. The predicted molar refractivity (Wildman–Crippen MR) is 68.3 cm³/mol. The van der Waals surface area contributed by atoms with Gasteiger partial charge in [-0.05, 0) is 36.3 Å². The molecule has 0 heterocycles. The summed E-state index contributed by atoms with van der Waals surface area (Å²) < 4.78 is 5.40. The van der Waals surface area contributed by atoms with E-state index in [0.717, 1.165) is 18.1 Å². The largest absolute Gasteiger partial charge is 0.496 e. The molecular formula is C14H19ClO. The molecule has 0 saturated heterocycles. The Morgan fingerprint density at radius 2 is 1.94 bits per heavy atom. The zero-order valence-corrected chi connectivity index (χ0v) is 10.6. The Kier molecular flexibility index (Phi) is 3.75. The van der Waals surface area contributed by atoms with Crippen LogP contribution in [0.5, 0.6) is 5.75 Å². The van der Waals surface area contributed by atoms with E-state index in [1.54, 1.807) is 7.11 Å². The topological polar surface area (TPSA) is 9.23 Å². The molecule has 0 amide bonds. The summed E-state index contributed by atoms with van der Waals surface area (Å²) >= 11 is 6.17. The van der Waals surface area contributed by atoms with E-state index in [1.807, 2.05) is 12.1 Å². The normalized spacial score (nSPS) is 18.6. The molecule has 1 aliphatic carbocycles. The molecular weight excluding hydrogens is 220 g/mol. The molecule has 0 spiro atoms. The van der Waals surface area contributed by atoms with E-state index < -0.39 is 0 Å². The number of hydrogen-bond donors (Lipinski definition) is 0. The van der Waals surface area contributed by atoms with Gasteiger partial charge in [-0.1, -0.05) is 31.0 Å². The van der Waals surface area contributed by atoms with Crippen LogP contribution in [0.15, 0.2) is 24.3 Å². The molecule has 88 valence electrons. The molecule has 0 unspecified atom stereocenters. The summed E-state index contributed by atoms with van der Waals surface area (Å²) in [6.07, 6.45) is 6.22. The fraction of sp³-hybridized carbons (Fsp3) is 0.571. The van der Waals surface area contributed by atoms with E-state index in [1.165, 1.54) is 31.2 Å². The maximum absolute atomic E-state index is 6.17. The zero-order chi connectivity index (χ0) is 11.4. The summed E-state index contributed by atoms with van der Waals surface area (Å²) in [5.74, 6) is 1.77. The highest BCUT2D eigenvalue weighted by molar-refractivity contribution is 6.18. The highest BCUT2D eigenvalue weighted by atomic mass is 35.5. The minimum atomic E-state index is 0.316. The second kappa shape index (κ2) is 5.09. The SMILES string of the molecule is COc1ccccc1CC1(CCl)CCCC1. The van der Waals surface area contributed by atoms with E-state index in [4.69, 9.17) is 16.3 Å². The lowest BCUT2D eigenvalue weighted by molar-refractivity contribution is 0.330. The lowest BCUT2D eigenvalue weighted by atomic mass is 9.82. The molecule has 2 rings (SSSR count). The minimum Gasteiger partial charge on any atom is -0.496 e. The first-order chi connectivity index (χ1) is 7.79. The van der Waals surface area contributed by atoms with Crippen molar-refractivity contribution in [3.05, 3.63) is 29.8 Å². The van der Waals surface area contributed by atoms with Crippen molar-refractivity contribution in [2.24, 2.45) is 5.41 Å². The van der Waals surface area contributed by atoms with Gasteiger partial charge in [0.05, 0.1) is 7.11 Å². The molecule has 16 heavy (non-hydrogen) atoms. The van der Waals surface area contributed by atoms with Crippen LogP contribution in [0.2, 0.25) is 0 Å². The van der Waals surface area contributed by atoms with E-state index in [9.17, 15) is 0 Å². The summed E-state index contributed by atoms with van der Waals surface area (Å²) in [6, 6.07) is 8.29. The maximum Gasteiger partial charge on any atom is 0.122 e. The average molecular weight is 239 g/mol. The molecule has 1 aromatic rings. The number of alkyl halides is 1. The van der Waals surface area contributed by atoms with Crippen LogP contribution in [-0.2, 0) is 6.42 Å². The van der Waals surface area contributed by atoms with Crippen molar-refractivity contribution >= 4 is 11.6 Å². The van der Waals surface area contributed by atoms with Gasteiger partial charge in [0.2, 0.25) is 0 Å².